The summed E-state index contributed by atoms with van der Waals surface area (Å²) in [7, 11) is 0. The molecule has 0 aliphatic carbocycles. The number of nitro groups is 1. The Labute approximate surface area is 159 Å². The Balaban J connectivity index is 1.92. The summed E-state index contributed by atoms with van der Waals surface area (Å²) >= 11 is 0. The van der Waals surface area contributed by atoms with E-state index >= 15 is 0 Å². The van der Waals surface area contributed by atoms with Crippen LogP contribution in [-0.4, -0.2) is 19.5 Å². The number of aromatic nitrogens is 3. The summed E-state index contributed by atoms with van der Waals surface area (Å²) in [5.74, 6) is 0.101. The van der Waals surface area contributed by atoms with Crippen LogP contribution in [0.1, 0.15) is 5.69 Å². The van der Waals surface area contributed by atoms with Crippen LogP contribution in [0.15, 0.2) is 71.4 Å². The fourth-order valence-electron chi connectivity index (χ4n) is 3.57. The van der Waals surface area contributed by atoms with E-state index in [2.05, 4.69) is 5.16 Å². The molecule has 0 aliphatic heterocycles. The first-order valence-corrected chi connectivity index (χ1v) is 8.71. The number of nitrogens with zero attached hydrogens (tertiary/aromatic N) is 4. The van der Waals surface area contributed by atoms with Gasteiger partial charge in [-0.3, -0.25) is 14.5 Å². The molecular formula is C21H14N4O3. The highest BCUT2D eigenvalue weighted by Gasteiger charge is 2.31. The molecule has 0 saturated carbocycles. The van der Waals surface area contributed by atoms with Crippen molar-refractivity contribution in [1.29, 1.82) is 0 Å². The molecule has 0 aliphatic rings. The molecule has 0 atom stereocenters. The summed E-state index contributed by atoms with van der Waals surface area (Å²) in [4.78, 5) is 16.0. The Hall–Kier alpha value is -4.00. The zero-order valence-electron chi connectivity index (χ0n) is 14.9. The third-order valence-corrected chi connectivity index (χ3v) is 4.80. The molecule has 0 radical (unpaired) electrons. The van der Waals surface area contributed by atoms with E-state index in [0.717, 1.165) is 16.3 Å². The van der Waals surface area contributed by atoms with Gasteiger partial charge in [-0.15, -0.1) is 0 Å². The molecule has 0 spiro atoms. The zero-order valence-corrected chi connectivity index (χ0v) is 14.9. The SMILES string of the molecule is Cc1noc(-c2c(-c3cccc4ccccc34)nc3ccccn23)c1[N+](=O)[O-]. The molecule has 0 N–H and O–H groups in total. The van der Waals surface area contributed by atoms with Crippen LogP contribution < -0.4 is 0 Å². The van der Waals surface area contributed by atoms with Crippen LogP contribution in [0.4, 0.5) is 5.69 Å². The standard InChI is InChI=1S/C21H14N4O3/c1-13-19(25(26)27)21(28-23-13)20-18(22-17-11-4-5-12-24(17)20)16-10-6-8-14-7-2-3-9-15(14)16/h2-12H,1H3. The minimum absolute atomic E-state index is 0.101. The number of hydrogen-bond acceptors (Lipinski definition) is 5. The number of hydrogen-bond donors (Lipinski definition) is 0. The van der Waals surface area contributed by atoms with Gasteiger partial charge < -0.3 is 4.52 Å². The van der Waals surface area contributed by atoms with Gasteiger partial charge in [-0.05, 0) is 29.8 Å². The average Bonchev–Trinajstić information content (AvgIpc) is 3.27. The van der Waals surface area contributed by atoms with Gasteiger partial charge in [0.05, 0.1) is 4.92 Å². The van der Waals surface area contributed by atoms with Gasteiger partial charge in [-0.1, -0.05) is 53.7 Å². The van der Waals surface area contributed by atoms with Crippen molar-refractivity contribution in [3.05, 3.63) is 82.7 Å². The van der Waals surface area contributed by atoms with E-state index in [9.17, 15) is 10.1 Å². The first kappa shape index (κ1) is 16.2. The van der Waals surface area contributed by atoms with Crippen LogP contribution in [0.25, 0.3) is 39.1 Å². The van der Waals surface area contributed by atoms with E-state index in [0.29, 0.717) is 17.0 Å². The van der Waals surface area contributed by atoms with Crippen molar-refractivity contribution in [1.82, 2.24) is 14.5 Å². The second kappa shape index (κ2) is 6.02. The van der Waals surface area contributed by atoms with Crippen molar-refractivity contribution in [2.24, 2.45) is 0 Å². The summed E-state index contributed by atoms with van der Waals surface area (Å²) in [6.45, 7) is 1.56. The second-order valence-electron chi connectivity index (χ2n) is 6.47. The molecule has 5 aromatic rings. The zero-order chi connectivity index (χ0) is 19.3. The van der Waals surface area contributed by atoms with E-state index in [1.807, 2.05) is 66.9 Å². The van der Waals surface area contributed by atoms with Crippen molar-refractivity contribution in [2.75, 3.05) is 0 Å². The van der Waals surface area contributed by atoms with Crippen molar-refractivity contribution in [3.8, 4) is 22.7 Å². The molecule has 5 rings (SSSR count). The maximum Gasteiger partial charge on any atom is 0.340 e. The van der Waals surface area contributed by atoms with E-state index in [1.54, 1.807) is 11.3 Å². The molecule has 28 heavy (non-hydrogen) atoms. The summed E-state index contributed by atoms with van der Waals surface area (Å²) in [6, 6.07) is 19.5. The summed E-state index contributed by atoms with van der Waals surface area (Å²) < 4.78 is 7.23. The maximum atomic E-state index is 11.7. The number of pyridine rings is 1. The minimum Gasteiger partial charge on any atom is -0.347 e. The minimum atomic E-state index is -0.462. The molecule has 0 saturated heterocycles. The highest BCUT2D eigenvalue weighted by Crippen LogP contribution is 2.40. The highest BCUT2D eigenvalue weighted by atomic mass is 16.6. The Morgan fingerprint density at radius 3 is 2.68 bits per heavy atom. The lowest BCUT2D eigenvalue weighted by atomic mass is 10.0. The second-order valence-corrected chi connectivity index (χ2v) is 6.47. The molecule has 0 fully saturated rings. The lowest BCUT2D eigenvalue weighted by molar-refractivity contribution is -0.385. The molecule has 136 valence electrons. The number of imidazole rings is 1. The lowest BCUT2D eigenvalue weighted by Crippen LogP contribution is -1.94. The highest BCUT2D eigenvalue weighted by molar-refractivity contribution is 5.99. The number of benzene rings is 2. The Bertz CT molecular complexity index is 1360. The molecule has 2 aromatic carbocycles. The molecule has 3 aromatic heterocycles. The summed E-state index contributed by atoms with van der Waals surface area (Å²) in [5.41, 5.74) is 2.76. The smallest absolute Gasteiger partial charge is 0.340 e. The van der Waals surface area contributed by atoms with E-state index in [4.69, 9.17) is 9.51 Å². The van der Waals surface area contributed by atoms with Gasteiger partial charge in [0.25, 0.3) is 5.76 Å². The maximum absolute atomic E-state index is 11.7. The predicted octanol–water partition coefficient (Wildman–Crippen LogP) is 5.03. The van der Waals surface area contributed by atoms with Gasteiger partial charge in [0.15, 0.2) is 5.69 Å². The third kappa shape index (κ3) is 2.30. The molecular weight excluding hydrogens is 356 g/mol. The molecule has 7 heteroatoms. The van der Waals surface area contributed by atoms with Crippen molar-refractivity contribution < 1.29 is 9.45 Å². The summed E-state index contributed by atoms with van der Waals surface area (Å²) in [6.07, 6.45) is 1.81. The van der Waals surface area contributed by atoms with E-state index < -0.39 is 4.92 Å². The van der Waals surface area contributed by atoms with Crippen molar-refractivity contribution in [3.63, 3.8) is 0 Å². The Morgan fingerprint density at radius 2 is 1.82 bits per heavy atom. The van der Waals surface area contributed by atoms with Crippen molar-refractivity contribution >= 4 is 22.1 Å². The molecule has 7 nitrogen and oxygen atoms in total. The molecule has 0 unspecified atom stereocenters. The largest absolute Gasteiger partial charge is 0.347 e. The van der Waals surface area contributed by atoms with Gasteiger partial charge in [-0.2, -0.15) is 0 Å². The van der Waals surface area contributed by atoms with Gasteiger partial charge >= 0.3 is 5.69 Å². The van der Waals surface area contributed by atoms with Crippen LogP contribution in [0.2, 0.25) is 0 Å². The molecule has 0 amide bonds. The average molecular weight is 370 g/mol. The third-order valence-electron chi connectivity index (χ3n) is 4.80. The van der Waals surface area contributed by atoms with Crippen LogP contribution in [-0.2, 0) is 0 Å². The van der Waals surface area contributed by atoms with Gasteiger partial charge in [0.1, 0.15) is 17.0 Å². The monoisotopic (exact) mass is 370 g/mol. The molecule has 0 bridgehead atoms. The fraction of sp³-hybridized carbons (Fsp3) is 0.0476. The normalized spacial score (nSPS) is 11.3. The van der Waals surface area contributed by atoms with Gasteiger partial charge in [0, 0.05) is 11.8 Å². The first-order chi connectivity index (χ1) is 13.6. The number of rotatable bonds is 3. The predicted molar refractivity (Wildman–Crippen MR) is 105 cm³/mol. The van der Waals surface area contributed by atoms with Crippen LogP contribution >= 0.6 is 0 Å². The van der Waals surface area contributed by atoms with Crippen LogP contribution in [0.3, 0.4) is 0 Å². The quantitative estimate of drug-likeness (QED) is 0.328. The Kier molecular flexibility index (Phi) is 3.48. The van der Waals surface area contributed by atoms with E-state index in [-0.39, 0.29) is 17.1 Å². The van der Waals surface area contributed by atoms with Crippen LogP contribution in [0, 0.1) is 17.0 Å². The fourth-order valence-corrected chi connectivity index (χ4v) is 3.57. The lowest BCUT2D eigenvalue weighted by Gasteiger charge is -2.06. The van der Waals surface area contributed by atoms with E-state index in [1.165, 1.54) is 0 Å². The summed E-state index contributed by atoms with van der Waals surface area (Å²) in [5, 5.41) is 17.6. The first-order valence-electron chi connectivity index (χ1n) is 8.71. The molecule has 3 heterocycles. The number of fused-ring (bicyclic) bond motifs is 2. The van der Waals surface area contributed by atoms with Gasteiger partial charge in [0.2, 0.25) is 0 Å². The topological polar surface area (TPSA) is 86.5 Å². The Morgan fingerprint density at radius 1 is 1.04 bits per heavy atom. The van der Waals surface area contributed by atoms with Gasteiger partial charge in [-0.25, -0.2) is 4.98 Å². The van der Waals surface area contributed by atoms with Crippen molar-refractivity contribution in [2.45, 2.75) is 6.92 Å². The van der Waals surface area contributed by atoms with Crippen LogP contribution in [0.5, 0.6) is 0 Å². The number of aryl methyl sites for hydroxylation is 1.